The third-order valence-corrected chi connectivity index (χ3v) is 4.33. The summed E-state index contributed by atoms with van der Waals surface area (Å²) in [4.78, 5) is 49.1. The zero-order valence-electron chi connectivity index (χ0n) is 14.4. The Morgan fingerprint density at radius 1 is 1.11 bits per heavy atom. The van der Waals surface area contributed by atoms with Crippen molar-refractivity contribution in [3.05, 3.63) is 70.3 Å². The Hall–Kier alpha value is -3.55. The molecular weight excluding hydrogens is 352 g/mol. The van der Waals surface area contributed by atoms with Crippen LogP contribution in [-0.2, 0) is 19.1 Å². The van der Waals surface area contributed by atoms with Crippen LogP contribution in [0.25, 0.3) is 0 Å². The maximum atomic E-state index is 12.7. The monoisotopic (exact) mass is 368 g/mol. The number of hydrogen-bond donors (Lipinski definition) is 0. The molecule has 3 rings (SSSR count). The second-order valence-corrected chi connectivity index (χ2v) is 5.90. The molecule has 138 valence electrons. The normalized spacial score (nSPS) is 19.2. The number of ether oxygens (including phenoxy) is 1. The van der Waals surface area contributed by atoms with E-state index in [1.807, 2.05) is 0 Å². The van der Waals surface area contributed by atoms with Crippen molar-refractivity contribution in [3.8, 4) is 0 Å². The van der Waals surface area contributed by atoms with Crippen LogP contribution in [0.15, 0.2) is 54.6 Å². The van der Waals surface area contributed by atoms with Gasteiger partial charge in [-0.15, -0.1) is 0 Å². The number of rotatable bonds is 5. The number of benzene rings is 2. The predicted molar refractivity (Wildman–Crippen MR) is 94.9 cm³/mol. The van der Waals surface area contributed by atoms with Gasteiger partial charge in [-0.25, -0.2) is 0 Å². The first-order valence-electron chi connectivity index (χ1n) is 8.29. The largest absolute Gasteiger partial charge is 0.465 e. The van der Waals surface area contributed by atoms with Gasteiger partial charge in [0.1, 0.15) is 5.92 Å². The number of hydrogen-bond acceptors (Lipinski definition) is 6. The van der Waals surface area contributed by atoms with Crippen LogP contribution >= 0.6 is 0 Å². The number of amides is 1. The topological polar surface area (TPSA) is 107 Å². The van der Waals surface area contributed by atoms with Gasteiger partial charge in [0.25, 0.3) is 11.6 Å². The zero-order valence-corrected chi connectivity index (χ0v) is 14.4. The minimum Gasteiger partial charge on any atom is -0.465 e. The van der Waals surface area contributed by atoms with Crippen molar-refractivity contribution in [1.82, 2.24) is 0 Å². The number of nitrogens with zero attached hydrogens (tertiary/aromatic N) is 2. The summed E-state index contributed by atoms with van der Waals surface area (Å²) in [7, 11) is 0. The van der Waals surface area contributed by atoms with Crippen LogP contribution in [0.5, 0.6) is 0 Å². The smallest absolute Gasteiger partial charge is 0.319 e. The van der Waals surface area contributed by atoms with E-state index in [1.54, 1.807) is 37.3 Å². The van der Waals surface area contributed by atoms with E-state index >= 15 is 0 Å². The number of carbonyl (C=O) groups excluding carboxylic acids is 3. The summed E-state index contributed by atoms with van der Waals surface area (Å²) in [6, 6.07) is 13.0. The Morgan fingerprint density at radius 2 is 1.74 bits per heavy atom. The molecule has 0 bridgehead atoms. The minimum absolute atomic E-state index is 0.0792. The lowest BCUT2D eigenvalue weighted by Gasteiger charge is -2.26. The Morgan fingerprint density at radius 3 is 2.30 bits per heavy atom. The highest BCUT2D eigenvalue weighted by atomic mass is 16.6. The number of ketones is 1. The molecule has 1 aliphatic rings. The molecule has 0 radical (unpaired) electrons. The summed E-state index contributed by atoms with van der Waals surface area (Å²) in [6.45, 7) is 1.70. The summed E-state index contributed by atoms with van der Waals surface area (Å²) in [5, 5.41) is 10.9. The fourth-order valence-corrected chi connectivity index (χ4v) is 3.14. The van der Waals surface area contributed by atoms with Crippen LogP contribution < -0.4 is 4.90 Å². The van der Waals surface area contributed by atoms with Gasteiger partial charge in [-0.05, 0) is 24.6 Å². The molecule has 2 aromatic rings. The second-order valence-electron chi connectivity index (χ2n) is 5.90. The molecule has 1 heterocycles. The quantitative estimate of drug-likeness (QED) is 0.264. The van der Waals surface area contributed by atoms with Crippen LogP contribution in [0.3, 0.4) is 0 Å². The Labute approximate surface area is 154 Å². The molecule has 1 saturated heterocycles. The summed E-state index contributed by atoms with van der Waals surface area (Å²) in [5.41, 5.74) is 0.739. The van der Waals surface area contributed by atoms with E-state index in [0.29, 0.717) is 11.3 Å². The van der Waals surface area contributed by atoms with Crippen molar-refractivity contribution in [2.24, 2.45) is 5.92 Å². The molecule has 27 heavy (non-hydrogen) atoms. The maximum Gasteiger partial charge on any atom is 0.319 e. The Bertz CT molecular complexity index is 894. The summed E-state index contributed by atoms with van der Waals surface area (Å²) >= 11 is 0. The van der Waals surface area contributed by atoms with Crippen LogP contribution in [0, 0.1) is 16.0 Å². The average molecular weight is 368 g/mol. The van der Waals surface area contributed by atoms with Crippen LogP contribution in [0.2, 0.25) is 0 Å². The molecule has 2 atom stereocenters. The third-order valence-electron chi connectivity index (χ3n) is 4.33. The zero-order chi connectivity index (χ0) is 19.6. The highest BCUT2D eigenvalue weighted by Crippen LogP contribution is 2.40. The van der Waals surface area contributed by atoms with Gasteiger partial charge in [-0.3, -0.25) is 29.4 Å². The molecule has 2 aromatic carbocycles. The highest BCUT2D eigenvalue weighted by molar-refractivity contribution is 6.47. The van der Waals surface area contributed by atoms with E-state index in [-0.39, 0.29) is 12.3 Å². The van der Waals surface area contributed by atoms with E-state index in [1.165, 1.54) is 29.2 Å². The first-order valence-corrected chi connectivity index (χ1v) is 8.29. The fourth-order valence-electron chi connectivity index (χ4n) is 3.14. The minimum atomic E-state index is -1.30. The van der Waals surface area contributed by atoms with Crippen LogP contribution in [0.4, 0.5) is 11.4 Å². The maximum absolute atomic E-state index is 12.7. The number of nitro benzene ring substituents is 1. The van der Waals surface area contributed by atoms with Gasteiger partial charge < -0.3 is 4.74 Å². The van der Waals surface area contributed by atoms with E-state index in [2.05, 4.69) is 0 Å². The number of carbonyl (C=O) groups is 3. The lowest BCUT2D eigenvalue weighted by Crippen LogP contribution is -2.31. The van der Waals surface area contributed by atoms with Gasteiger partial charge in [0, 0.05) is 17.8 Å². The molecule has 1 aliphatic heterocycles. The number of esters is 1. The average Bonchev–Trinajstić information content (AvgIpc) is 2.94. The Balaban J connectivity index is 2.09. The molecule has 0 aromatic heterocycles. The van der Waals surface area contributed by atoms with E-state index in [0.717, 1.165) is 0 Å². The van der Waals surface area contributed by atoms with E-state index in [9.17, 15) is 24.5 Å². The van der Waals surface area contributed by atoms with Crippen molar-refractivity contribution in [3.63, 3.8) is 0 Å². The van der Waals surface area contributed by atoms with Crippen molar-refractivity contribution in [1.29, 1.82) is 0 Å². The highest BCUT2D eigenvalue weighted by Gasteiger charge is 2.53. The van der Waals surface area contributed by atoms with Crippen molar-refractivity contribution < 1.29 is 24.0 Å². The molecule has 0 aliphatic carbocycles. The molecule has 0 N–H and O–H groups in total. The van der Waals surface area contributed by atoms with Crippen LogP contribution in [-0.4, -0.2) is 29.2 Å². The van der Waals surface area contributed by atoms with Gasteiger partial charge in [-0.2, -0.15) is 0 Å². The first kappa shape index (κ1) is 18.2. The molecule has 8 nitrogen and oxygen atoms in total. The molecule has 8 heteroatoms. The number of non-ortho nitro benzene ring substituents is 1. The van der Waals surface area contributed by atoms with E-state index in [4.69, 9.17) is 4.74 Å². The SMILES string of the molecule is CCOC(=O)[C@H]1C(=O)C(=O)N(c2ccc([N+](=O)[O-])cc2)[C@@H]1c1ccccc1. The molecular formula is C19H16N2O6. The number of nitro groups is 1. The van der Waals surface area contributed by atoms with Gasteiger partial charge in [0.15, 0.2) is 0 Å². The number of Topliss-reactive ketones (excluding diaryl/α,β-unsaturated/α-hetero) is 1. The van der Waals surface area contributed by atoms with Crippen molar-refractivity contribution in [2.45, 2.75) is 13.0 Å². The van der Waals surface area contributed by atoms with Gasteiger partial charge in [0.2, 0.25) is 5.78 Å². The summed E-state index contributed by atoms with van der Waals surface area (Å²) in [5.74, 6) is -3.78. The van der Waals surface area contributed by atoms with Gasteiger partial charge in [0.05, 0.1) is 17.6 Å². The standard InChI is InChI=1S/C19H16N2O6/c1-2-27-19(24)15-16(12-6-4-3-5-7-12)20(18(23)17(15)22)13-8-10-14(11-9-13)21(25)26/h3-11,15-16H,2H2,1H3/t15-,16-/m1/s1. The van der Waals surface area contributed by atoms with E-state index < -0.39 is 34.5 Å². The fraction of sp³-hybridized carbons (Fsp3) is 0.211. The van der Waals surface area contributed by atoms with Gasteiger partial charge >= 0.3 is 5.97 Å². The lowest BCUT2D eigenvalue weighted by atomic mass is 9.93. The van der Waals surface area contributed by atoms with Crippen molar-refractivity contribution in [2.75, 3.05) is 11.5 Å². The number of anilines is 1. The molecule has 0 unspecified atom stereocenters. The summed E-state index contributed by atoms with van der Waals surface area (Å²) in [6.07, 6.45) is 0. The molecule has 1 amide bonds. The second kappa shape index (κ2) is 7.36. The summed E-state index contributed by atoms with van der Waals surface area (Å²) < 4.78 is 5.00. The molecule has 1 fully saturated rings. The van der Waals surface area contributed by atoms with Crippen LogP contribution in [0.1, 0.15) is 18.5 Å². The third kappa shape index (κ3) is 3.29. The predicted octanol–water partition coefficient (Wildman–Crippen LogP) is 2.43. The van der Waals surface area contributed by atoms with Crippen molar-refractivity contribution >= 4 is 29.0 Å². The Kier molecular flexibility index (Phi) is 4.98. The molecule has 0 spiro atoms. The van der Waals surface area contributed by atoms with Gasteiger partial charge in [-0.1, -0.05) is 30.3 Å². The lowest BCUT2D eigenvalue weighted by molar-refractivity contribution is -0.384. The molecule has 0 saturated carbocycles. The first-order chi connectivity index (χ1) is 13.0.